The van der Waals surface area contributed by atoms with Gasteiger partial charge in [-0.1, -0.05) is 36.4 Å². The van der Waals surface area contributed by atoms with Crippen molar-refractivity contribution < 1.29 is 38.1 Å². The maximum absolute atomic E-state index is 12.8. The Kier molecular flexibility index (Phi) is 10.3. The molecule has 44 heavy (non-hydrogen) atoms. The topological polar surface area (TPSA) is 141 Å². The minimum Gasteiger partial charge on any atom is -0.493 e. The monoisotopic (exact) mass is 595 g/mol. The van der Waals surface area contributed by atoms with E-state index in [1.165, 1.54) is 57.7 Å². The van der Waals surface area contributed by atoms with Crippen molar-refractivity contribution >= 4 is 35.5 Å². The van der Waals surface area contributed by atoms with Crippen LogP contribution in [-0.4, -0.2) is 45.0 Å². The molecule has 0 aliphatic carbocycles. The Morgan fingerprint density at radius 1 is 0.614 bits per heavy atom. The van der Waals surface area contributed by atoms with Gasteiger partial charge in [-0.2, -0.15) is 0 Å². The van der Waals surface area contributed by atoms with E-state index in [4.69, 9.17) is 18.9 Å². The zero-order valence-electron chi connectivity index (χ0n) is 24.1. The minimum absolute atomic E-state index is 0.234. The van der Waals surface area contributed by atoms with Gasteiger partial charge in [-0.05, 0) is 60.7 Å². The van der Waals surface area contributed by atoms with Crippen LogP contribution in [0.5, 0.6) is 23.0 Å². The number of hydrogen-bond acceptors (Lipinski definition) is 8. The van der Waals surface area contributed by atoms with Crippen LogP contribution in [0.1, 0.15) is 36.6 Å². The maximum Gasteiger partial charge on any atom is 0.343 e. The van der Waals surface area contributed by atoms with Crippen molar-refractivity contribution in [3.8, 4) is 23.0 Å². The normalized spacial score (nSPS) is 10.4. The van der Waals surface area contributed by atoms with Crippen molar-refractivity contribution in [3.05, 3.63) is 119 Å². The van der Waals surface area contributed by atoms with Crippen LogP contribution in [0.4, 0.5) is 5.69 Å². The van der Waals surface area contributed by atoms with Crippen LogP contribution in [0.2, 0.25) is 0 Å². The SMILES string of the molecule is COc1cc(C(=O)Nc2ccc(C(=O)NNC(=O)/C=C/c3ccccc3OC(=O)c3ccccc3)cc2)cc(OC)c1OC. The number of nitrogens with one attached hydrogen (secondary N) is 3. The third-order valence-corrected chi connectivity index (χ3v) is 6.18. The number of para-hydroxylation sites is 1. The number of amides is 3. The molecule has 0 atom stereocenters. The molecule has 4 aromatic rings. The van der Waals surface area contributed by atoms with Gasteiger partial charge in [0.25, 0.3) is 17.7 Å². The number of hydrazine groups is 1. The second kappa shape index (κ2) is 14.7. The number of rotatable bonds is 10. The smallest absolute Gasteiger partial charge is 0.343 e. The average molecular weight is 596 g/mol. The van der Waals surface area contributed by atoms with Gasteiger partial charge < -0.3 is 24.3 Å². The number of methoxy groups -OCH3 is 3. The Hall–Kier alpha value is -6.10. The zero-order valence-corrected chi connectivity index (χ0v) is 24.1. The number of anilines is 1. The highest BCUT2D eigenvalue weighted by Gasteiger charge is 2.17. The summed E-state index contributed by atoms with van der Waals surface area (Å²) in [6, 6.07) is 24.3. The number of hydrogen-bond donors (Lipinski definition) is 3. The summed E-state index contributed by atoms with van der Waals surface area (Å²) in [5.41, 5.74) is 6.44. The molecule has 0 saturated heterocycles. The van der Waals surface area contributed by atoms with Gasteiger partial charge >= 0.3 is 5.97 Å². The molecule has 4 rings (SSSR count). The largest absolute Gasteiger partial charge is 0.493 e. The van der Waals surface area contributed by atoms with Gasteiger partial charge in [0.15, 0.2) is 11.5 Å². The van der Waals surface area contributed by atoms with Crippen LogP contribution in [-0.2, 0) is 4.79 Å². The Morgan fingerprint density at radius 3 is 1.89 bits per heavy atom. The molecule has 0 aliphatic rings. The summed E-state index contributed by atoms with van der Waals surface area (Å²) in [7, 11) is 4.37. The van der Waals surface area contributed by atoms with Crippen LogP contribution in [0, 0.1) is 0 Å². The van der Waals surface area contributed by atoms with Crippen molar-refractivity contribution in [3.63, 3.8) is 0 Å². The fourth-order valence-electron chi connectivity index (χ4n) is 3.96. The summed E-state index contributed by atoms with van der Waals surface area (Å²) in [5.74, 6) is -0.867. The van der Waals surface area contributed by atoms with Crippen molar-refractivity contribution in [2.45, 2.75) is 0 Å². The third kappa shape index (κ3) is 7.79. The van der Waals surface area contributed by atoms with E-state index in [1.807, 2.05) is 0 Å². The Morgan fingerprint density at radius 2 is 1.25 bits per heavy atom. The van der Waals surface area contributed by atoms with E-state index < -0.39 is 23.7 Å². The molecule has 0 aliphatic heterocycles. The second-order valence-electron chi connectivity index (χ2n) is 9.02. The average Bonchev–Trinajstić information content (AvgIpc) is 3.06. The van der Waals surface area contributed by atoms with Crippen molar-refractivity contribution in [2.75, 3.05) is 26.6 Å². The highest BCUT2D eigenvalue weighted by Crippen LogP contribution is 2.38. The minimum atomic E-state index is -0.614. The molecule has 0 radical (unpaired) electrons. The molecule has 0 unspecified atom stereocenters. The standard InChI is InChI=1S/C33H29N3O8/c1-41-27-19-24(20-28(42-2)30(27)43-3)31(38)34-25-16-13-22(14-17-25)32(39)36-35-29(37)18-15-21-9-7-8-12-26(21)44-33(40)23-10-5-4-6-11-23/h4-20H,1-3H3,(H,34,38)(H,35,37)(H,36,39)/b18-15+. The first-order valence-corrected chi connectivity index (χ1v) is 13.2. The third-order valence-electron chi connectivity index (χ3n) is 6.18. The van der Waals surface area contributed by atoms with E-state index in [9.17, 15) is 19.2 Å². The van der Waals surface area contributed by atoms with E-state index in [0.29, 0.717) is 34.1 Å². The molecule has 0 saturated carbocycles. The molecule has 4 aromatic carbocycles. The molecular weight excluding hydrogens is 566 g/mol. The van der Waals surface area contributed by atoms with Crippen LogP contribution < -0.4 is 35.1 Å². The maximum atomic E-state index is 12.8. The van der Waals surface area contributed by atoms with Crippen LogP contribution in [0.15, 0.2) is 97.1 Å². The Balaban J connectivity index is 1.32. The predicted octanol–water partition coefficient (Wildman–Crippen LogP) is 4.66. The van der Waals surface area contributed by atoms with E-state index in [2.05, 4.69) is 16.2 Å². The number of ether oxygens (including phenoxy) is 4. The molecule has 0 spiro atoms. The fraction of sp³-hybridized carbons (Fsp3) is 0.0909. The lowest BCUT2D eigenvalue weighted by Crippen LogP contribution is -2.40. The molecule has 11 nitrogen and oxygen atoms in total. The lowest BCUT2D eigenvalue weighted by atomic mass is 10.1. The predicted molar refractivity (Wildman–Crippen MR) is 163 cm³/mol. The van der Waals surface area contributed by atoms with Gasteiger partial charge in [-0.15, -0.1) is 0 Å². The lowest BCUT2D eigenvalue weighted by molar-refractivity contribution is -0.117. The fourth-order valence-corrected chi connectivity index (χ4v) is 3.96. The summed E-state index contributed by atoms with van der Waals surface area (Å²) in [4.78, 5) is 50.2. The van der Waals surface area contributed by atoms with Crippen molar-refractivity contribution in [2.24, 2.45) is 0 Å². The van der Waals surface area contributed by atoms with Crippen LogP contribution in [0.3, 0.4) is 0 Å². The number of benzene rings is 4. The van der Waals surface area contributed by atoms with Crippen molar-refractivity contribution in [1.29, 1.82) is 0 Å². The van der Waals surface area contributed by atoms with Crippen LogP contribution in [0.25, 0.3) is 6.08 Å². The molecule has 0 heterocycles. The molecule has 3 amide bonds. The van der Waals surface area contributed by atoms with Gasteiger partial charge in [-0.3, -0.25) is 25.2 Å². The quantitative estimate of drug-likeness (QED) is 0.104. The Bertz CT molecular complexity index is 1660. The zero-order chi connectivity index (χ0) is 31.5. The van der Waals surface area contributed by atoms with E-state index in [1.54, 1.807) is 66.7 Å². The highest BCUT2D eigenvalue weighted by molar-refractivity contribution is 6.05. The molecular formula is C33H29N3O8. The van der Waals surface area contributed by atoms with Crippen LogP contribution >= 0.6 is 0 Å². The summed E-state index contributed by atoms with van der Waals surface area (Å²) < 4.78 is 21.3. The van der Waals surface area contributed by atoms with Gasteiger partial charge in [-0.25, -0.2) is 4.79 Å². The molecule has 0 aromatic heterocycles. The molecule has 11 heteroatoms. The van der Waals surface area contributed by atoms with Gasteiger partial charge in [0.05, 0.1) is 26.9 Å². The van der Waals surface area contributed by atoms with Gasteiger partial charge in [0.1, 0.15) is 5.75 Å². The molecule has 0 bridgehead atoms. The summed E-state index contributed by atoms with van der Waals surface area (Å²) >= 11 is 0. The lowest BCUT2D eigenvalue weighted by Gasteiger charge is -2.14. The molecule has 0 fully saturated rings. The van der Waals surface area contributed by atoms with E-state index >= 15 is 0 Å². The first kappa shape index (κ1) is 30.8. The van der Waals surface area contributed by atoms with Gasteiger partial charge in [0, 0.05) is 28.5 Å². The summed E-state index contributed by atoms with van der Waals surface area (Å²) in [6.07, 6.45) is 2.65. The highest BCUT2D eigenvalue weighted by atomic mass is 16.5. The Labute approximate surface area is 253 Å². The van der Waals surface area contributed by atoms with Crippen molar-refractivity contribution in [1.82, 2.24) is 10.9 Å². The summed E-state index contributed by atoms with van der Waals surface area (Å²) in [5, 5.41) is 2.74. The number of esters is 1. The number of carbonyl (C=O) groups is 4. The molecule has 224 valence electrons. The van der Waals surface area contributed by atoms with Gasteiger partial charge in [0.2, 0.25) is 5.75 Å². The molecule has 3 N–H and O–H groups in total. The summed E-state index contributed by atoms with van der Waals surface area (Å²) in [6.45, 7) is 0. The first-order chi connectivity index (χ1) is 21.3. The first-order valence-electron chi connectivity index (χ1n) is 13.2. The number of carbonyl (C=O) groups excluding carboxylic acids is 4. The second-order valence-corrected chi connectivity index (χ2v) is 9.02. The van der Waals surface area contributed by atoms with E-state index in [-0.39, 0.29) is 16.9 Å². The van der Waals surface area contributed by atoms with E-state index in [0.717, 1.165) is 0 Å².